The lowest BCUT2D eigenvalue weighted by Gasteiger charge is -2.07. The number of aromatic nitrogens is 3. The first-order valence-corrected chi connectivity index (χ1v) is 6.76. The highest BCUT2D eigenvalue weighted by Gasteiger charge is 2.16. The molecule has 5 nitrogen and oxygen atoms in total. The number of benzene rings is 1. The van der Waals surface area contributed by atoms with E-state index in [2.05, 4.69) is 26.0 Å². The highest BCUT2D eigenvalue weighted by molar-refractivity contribution is 9.10. The maximum absolute atomic E-state index is 11.1. The molecule has 0 fully saturated rings. The second kappa shape index (κ2) is 4.88. The first-order chi connectivity index (χ1) is 9.58. The lowest BCUT2D eigenvalue weighted by atomic mass is 10.1. The number of hydrogen-bond donors (Lipinski definition) is 1. The van der Waals surface area contributed by atoms with E-state index in [1.807, 2.05) is 12.1 Å². The van der Waals surface area contributed by atoms with E-state index in [1.165, 1.54) is 16.9 Å². The Morgan fingerprint density at radius 1 is 1.35 bits per heavy atom. The van der Waals surface area contributed by atoms with E-state index < -0.39 is 5.97 Å². The molecule has 100 valence electrons. The molecule has 2 heterocycles. The highest BCUT2D eigenvalue weighted by atomic mass is 79.9. The molecule has 0 saturated heterocycles. The van der Waals surface area contributed by atoms with Crippen LogP contribution in [0.2, 0.25) is 5.02 Å². The van der Waals surface area contributed by atoms with Gasteiger partial charge in [0.2, 0.25) is 0 Å². The Bertz CT molecular complexity index is 832. The number of rotatable bonds is 2. The molecule has 0 atom stereocenters. The predicted octanol–water partition coefficient (Wildman–Crippen LogP) is 3.51. The summed E-state index contributed by atoms with van der Waals surface area (Å²) in [5.74, 6) is -1.06. The molecule has 3 aromatic rings. The maximum Gasteiger partial charge on any atom is 0.341 e. The number of nitrogens with zero attached hydrogens (tertiary/aromatic N) is 3. The van der Waals surface area contributed by atoms with Crippen molar-refractivity contribution in [2.45, 2.75) is 0 Å². The molecule has 1 N–H and O–H groups in total. The van der Waals surface area contributed by atoms with Crippen molar-refractivity contribution in [2.24, 2.45) is 0 Å². The fourth-order valence-corrected chi connectivity index (χ4v) is 2.71. The van der Waals surface area contributed by atoms with Gasteiger partial charge in [-0.2, -0.15) is 5.10 Å². The van der Waals surface area contributed by atoms with E-state index in [1.54, 1.807) is 12.1 Å². The molecular weight excluding hydrogens is 346 g/mol. The van der Waals surface area contributed by atoms with Crippen molar-refractivity contribution in [1.82, 2.24) is 14.6 Å². The van der Waals surface area contributed by atoms with Crippen molar-refractivity contribution >= 4 is 39.1 Å². The fraction of sp³-hybridized carbons (Fsp3) is 0. The zero-order valence-electron chi connectivity index (χ0n) is 9.92. The normalized spacial score (nSPS) is 10.9. The van der Waals surface area contributed by atoms with Gasteiger partial charge in [-0.3, -0.25) is 0 Å². The van der Waals surface area contributed by atoms with Gasteiger partial charge in [0.25, 0.3) is 0 Å². The Hall–Kier alpha value is -1.92. The lowest BCUT2D eigenvalue weighted by molar-refractivity contribution is 0.0699. The summed E-state index contributed by atoms with van der Waals surface area (Å²) >= 11 is 9.57. The van der Waals surface area contributed by atoms with Gasteiger partial charge in [0.05, 0.1) is 16.9 Å². The lowest BCUT2D eigenvalue weighted by Crippen LogP contribution is -1.99. The van der Waals surface area contributed by atoms with Crippen LogP contribution in [-0.2, 0) is 0 Å². The molecule has 0 aliphatic carbocycles. The number of carboxylic acid groups (broad SMARTS) is 1. The molecule has 0 amide bonds. The van der Waals surface area contributed by atoms with Crippen LogP contribution in [0.3, 0.4) is 0 Å². The van der Waals surface area contributed by atoms with E-state index in [4.69, 9.17) is 16.7 Å². The van der Waals surface area contributed by atoms with Crippen molar-refractivity contribution in [3.63, 3.8) is 0 Å². The molecule has 0 unspecified atom stereocenters. The monoisotopic (exact) mass is 351 g/mol. The molecule has 0 saturated carbocycles. The van der Waals surface area contributed by atoms with Gasteiger partial charge in [-0.25, -0.2) is 14.3 Å². The van der Waals surface area contributed by atoms with Gasteiger partial charge >= 0.3 is 5.97 Å². The molecule has 0 bridgehead atoms. The smallest absolute Gasteiger partial charge is 0.341 e. The third-order valence-corrected chi connectivity index (χ3v) is 3.64. The van der Waals surface area contributed by atoms with Gasteiger partial charge in [0.1, 0.15) is 5.56 Å². The van der Waals surface area contributed by atoms with Crippen LogP contribution in [0.1, 0.15) is 10.4 Å². The fourth-order valence-electron chi connectivity index (χ4n) is 1.94. The molecular formula is C13H7BrClN3O2. The van der Waals surface area contributed by atoms with E-state index >= 15 is 0 Å². The molecule has 0 aliphatic rings. The Morgan fingerprint density at radius 2 is 2.15 bits per heavy atom. The van der Waals surface area contributed by atoms with E-state index in [-0.39, 0.29) is 11.2 Å². The molecule has 0 spiro atoms. The van der Waals surface area contributed by atoms with Crippen LogP contribution in [0.4, 0.5) is 0 Å². The summed E-state index contributed by atoms with van der Waals surface area (Å²) in [7, 11) is 0. The molecule has 2 aromatic heterocycles. The van der Waals surface area contributed by atoms with Crippen LogP contribution in [-0.4, -0.2) is 25.7 Å². The molecule has 0 aliphatic heterocycles. The van der Waals surface area contributed by atoms with Gasteiger partial charge in [0.15, 0.2) is 5.65 Å². The van der Waals surface area contributed by atoms with Crippen molar-refractivity contribution in [2.75, 3.05) is 0 Å². The zero-order valence-corrected chi connectivity index (χ0v) is 12.3. The number of hydrogen-bond acceptors (Lipinski definition) is 3. The first kappa shape index (κ1) is 13.1. The van der Waals surface area contributed by atoms with Crippen molar-refractivity contribution < 1.29 is 9.90 Å². The summed E-state index contributed by atoms with van der Waals surface area (Å²) in [5.41, 5.74) is 1.77. The molecule has 20 heavy (non-hydrogen) atoms. The summed E-state index contributed by atoms with van der Waals surface area (Å²) in [4.78, 5) is 15.2. The number of fused-ring (bicyclic) bond motifs is 1. The van der Waals surface area contributed by atoms with Crippen molar-refractivity contribution in [3.05, 3.63) is 51.7 Å². The zero-order chi connectivity index (χ0) is 14.3. The van der Waals surface area contributed by atoms with Gasteiger partial charge in [0, 0.05) is 16.2 Å². The largest absolute Gasteiger partial charge is 0.477 e. The second-order valence-electron chi connectivity index (χ2n) is 4.05. The summed E-state index contributed by atoms with van der Waals surface area (Å²) in [6.45, 7) is 0. The van der Waals surface area contributed by atoms with E-state index in [0.29, 0.717) is 10.7 Å². The first-order valence-electron chi connectivity index (χ1n) is 5.59. The Balaban J connectivity index is 2.29. The highest BCUT2D eigenvalue weighted by Crippen LogP contribution is 2.30. The number of halogens is 2. The maximum atomic E-state index is 11.1. The standard InChI is InChI=1S/C13H7BrClN3O2/c14-7-1-2-8(10(15)5-7)11-3-4-16-12-9(13(19)20)6-17-18(11)12/h1-6H,(H,19,20). The minimum atomic E-state index is -1.06. The SMILES string of the molecule is O=C(O)c1cnn2c(-c3ccc(Br)cc3Cl)ccnc12. The van der Waals surface area contributed by atoms with Gasteiger partial charge < -0.3 is 5.11 Å². The van der Waals surface area contributed by atoms with Gasteiger partial charge in [-0.1, -0.05) is 33.6 Å². The number of aromatic carboxylic acids is 1. The molecule has 1 aromatic carbocycles. The van der Waals surface area contributed by atoms with Crippen LogP contribution in [0.15, 0.2) is 41.1 Å². The molecule has 3 rings (SSSR count). The summed E-state index contributed by atoms with van der Waals surface area (Å²) in [5, 5.41) is 13.7. The average Bonchev–Trinajstić information content (AvgIpc) is 2.82. The molecule has 0 radical (unpaired) electrons. The summed E-state index contributed by atoms with van der Waals surface area (Å²) in [6, 6.07) is 7.20. The van der Waals surface area contributed by atoms with Crippen molar-refractivity contribution in [1.29, 1.82) is 0 Å². The predicted molar refractivity (Wildman–Crippen MR) is 78.1 cm³/mol. The quantitative estimate of drug-likeness (QED) is 0.766. The number of carbonyl (C=O) groups is 1. The third-order valence-electron chi connectivity index (χ3n) is 2.84. The summed E-state index contributed by atoms with van der Waals surface area (Å²) < 4.78 is 2.33. The third kappa shape index (κ3) is 2.07. The minimum absolute atomic E-state index is 0.0556. The van der Waals surface area contributed by atoms with Gasteiger partial charge in [-0.05, 0) is 18.2 Å². The summed E-state index contributed by atoms with van der Waals surface area (Å²) in [6.07, 6.45) is 2.82. The molecule has 7 heteroatoms. The number of carboxylic acids is 1. The topological polar surface area (TPSA) is 67.5 Å². The van der Waals surface area contributed by atoms with Crippen molar-refractivity contribution in [3.8, 4) is 11.3 Å². The minimum Gasteiger partial charge on any atom is -0.477 e. The van der Waals surface area contributed by atoms with Crippen LogP contribution < -0.4 is 0 Å². The van der Waals surface area contributed by atoms with Crippen LogP contribution >= 0.6 is 27.5 Å². The second-order valence-corrected chi connectivity index (χ2v) is 5.38. The Morgan fingerprint density at radius 3 is 2.85 bits per heavy atom. The Labute approximate surface area is 127 Å². The average molecular weight is 353 g/mol. The van der Waals surface area contributed by atoms with Crippen LogP contribution in [0, 0.1) is 0 Å². The Kier molecular flexibility index (Phi) is 3.19. The van der Waals surface area contributed by atoms with E-state index in [9.17, 15) is 4.79 Å². The van der Waals surface area contributed by atoms with E-state index in [0.717, 1.165) is 10.0 Å². The van der Waals surface area contributed by atoms with Crippen LogP contribution in [0.5, 0.6) is 0 Å². The van der Waals surface area contributed by atoms with Gasteiger partial charge in [-0.15, -0.1) is 0 Å². The van der Waals surface area contributed by atoms with Crippen LogP contribution in [0.25, 0.3) is 16.9 Å².